The number of nitrogens with two attached hydrogens (primary N) is 1. The fourth-order valence-electron chi connectivity index (χ4n) is 3.34. The van der Waals surface area contributed by atoms with Gasteiger partial charge in [0.05, 0.1) is 22.3 Å². The quantitative estimate of drug-likeness (QED) is 0.703. The Morgan fingerprint density at radius 2 is 1.59 bits per heavy atom. The lowest BCUT2D eigenvalue weighted by molar-refractivity contribution is 0.579. The first-order valence-corrected chi connectivity index (χ1v) is 10.4. The molecule has 0 unspecified atom stereocenters. The van der Waals surface area contributed by atoms with Gasteiger partial charge in [-0.25, -0.2) is 22.3 Å². The third-order valence-electron chi connectivity index (χ3n) is 4.78. The number of primary sulfonamides is 1. The van der Waals surface area contributed by atoms with Gasteiger partial charge < -0.3 is 0 Å². The molecule has 3 aromatic carbocycles. The first-order chi connectivity index (χ1) is 13.8. The number of halogens is 2. The zero-order chi connectivity index (χ0) is 20.6. The highest BCUT2D eigenvalue weighted by Crippen LogP contribution is 2.37. The molecule has 1 aliphatic rings. The second kappa shape index (κ2) is 7.38. The van der Waals surface area contributed by atoms with E-state index in [9.17, 15) is 17.2 Å². The van der Waals surface area contributed by atoms with E-state index < -0.39 is 16.1 Å². The largest absolute Gasteiger partial charge is 0.257 e. The minimum atomic E-state index is -3.82. The van der Waals surface area contributed by atoms with Crippen molar-refractivity contribution in [2.75, 3.05) is 5.01 Å². The predicted molar refractivity (Wildman–Crippen MR) is 107 cm³/mol. The molecule has 148 valence electrons. The maximum absolute atomic E-state index is 14.5. The summed E-state index contributed by atoms with van der Waals surface area (Å²) < 4.78 is 50.8. The zero-order valence-corrected chi connectivity index (χ0v) is 16.0. The van der Waals surface area contributed by atoms with Gasteiger partial charge in [0, 0.05) is 12.0 Å². The number of nitrogens with zero attached hydrogens (tertiary/aromatic N) is 2. The monoisotopic (exact) mass is 413 g/mol. The van der Waals surface area contributed by atoms with Crippen LogP contribution in [0.2, 0.25) is 0 Å². The molecule has 0 amide bonds. The molecule has 1 heterocycles. The molecule has 3 aromatic rings. The molecule has 29 heavy (non-hydrogen) atoms. The maximum atomic E-state index is 14.5. The number of anilines is 1. The molecule has 0 aromatic heterocycles. The second-order valence-corrected chi connectivity index (χ2v) is 8.24. The van der Waals surface area contributed by atoms with Gasteiger partial charge >= 0.3 is 0 Å². The van der Waals surface area contributed by atoms with Crippen molar-refractivity contribution < 1.29 is 17.2 Å². The standard InChI is InChI=1S/C21H17F2N3O2S/c22-15-7-5-14(6-8-15)20-13-21(18-3-1-2-4-19(18)23)26(25-20)16-9-11-17(12-10-16)29(24,27)28/h1-12,21H,13H2,(H2,24,27,28)/t21-/m0/s1. The van der Waals surface area contributed by atoms with E-state index in [0.29, 0.717) is 23.4 Å². The van der Waals surface area contributed by atoms with Gasteiger partial charge in [-0.2, -0.15) is 5.10 Å². The lowest BCUT2D eigenvalue weighted by Gasteiger charge is -2.24. The first kappa shape index (κ1) is 19.2. The Bertz CT molecular complexity index is 1180. The van der Waals surface area contributed by atoms with E-state index in [1.54, 1.807) is 47.5 Å². The molecular weight excluding hydrogens is 396 g/mol. The van der Waals surface area contributed by atoms with E-state index in [1.165, 1.54) is 30.3 Å². The van der Waals surface area contributed by atoms with Crippen molar-refractivity contribution in [1.82, 2.24) is 0 Å². The number of hydrogen-bond acceptors (Lipinski definition) is 4. The first-order valence-electron chi connectivity index (χ1n) is 8.83. The van der Waals surface area contributed by atoms with Crippen molar-refractivity contribution in [1.29, 1.82) is 0 Å². The van der Waals surface area contributed by atoms with E-state index in [4.69, 9.17) is 5.14 Å². The molecule has 4 rings (SSSR count). The molecule has 0 fully saturated rings. The molecule has 0 radical (unpaired) electrons. The van der Waals surface area contributed by atoms with Gasteiger partial charge in [0.1, 0.15) is 11.6 Å². The number of hydrogen-bond donors (Lipinski definition) is 1. The fraction of sp³-hybridized carbons (Fsp3) is 0.0952. The summed E-state index contributed by atoms with van der Waals surface area (Å²) in [6.45, 7) is 0. The van der Waals surface area contributed by atoms with Gasteiger partial charge in [0.2, 0.25) is 10.0 Å². The minimum Gasteiger partial charge on any atom is -0.257 e. The highest BCUT2D eigenvalue weighted by molar-refractivity contribution is 7.89. The summed E-state index contributed by atoms with van der Waals surface area (Å²) in [4.78, 5) is -0.0226. The van der Waals surface area contributed by atoms with Gasteiger partial charge in [0.25, 0.3) is 0 Å². The van der Waals surface area contributed by atoms with Crippen molar-refractivity contribution in [2.45, 2.75) is 17.4 Å². The average Bonchev–Trinajstić information content (AvgIpc) is 3.13. The number of benzene rings is 3. The normalized spacial score (nSPS) is 16.7. The van der Waals surface area contributed by atoms with Gasteiger partial charge in [0.15, 0.2) is 0 Å². The molecule has 8 heteroatoms. The Hall–Kier alpha value is -3.10. The topological polar surface area (TPSA) is 75.8 Å². The molecule has 1 atom stereocenters. The molecule has 2 N–H and O–H groups in total. The fourth-order valence-corrected chi connectivity index (χ4v) is 3.86. The maximum Gasteiger partial charge on any atom is 0.238 e. The van der Waals surface area contributed by atoms with E-state index in [2.05, 4.69) is 5.10 Å². The van der Waals surface area contributed by atoms with Gasteiger partial charge in [-0.3, -0.25) is 5.01 Å². The lowest BCUT2D eigenvalue weighted by atomic mass is 9.98. The summed E-state index contributed by atoms with van der Waals surface area (Å²) in [6, 6.07) is 17.9. The highest BCUT2D eigenvalue weighted by Gasteiger charge is 2.31. The second-order valence-electron chi connectivity index (χ2n) is 6.68. The van der Waals surface area contributed by atoms with E-state index in [0.717, 1.165) is 5.56 Å². The van der Waals surface area contributed by atoms with Gasteiger partial charge in [-0.1, -0.05) is 30.3 Å². The Labute approximate surface area is 167 Å². The Kier molecular flexibility index (Phi) is 4.89. The van der Waals surface area contributed by atoms with Gasteiger partial charge in [-0.15, -0.1) is 0 Å². The van der Waals surface area contributed by atoms with Crippen LogP contribution in [0.15, 0.2) is 82.8 Å². The number of hydrazone groups is 1. The minimum absolute atomic E-state index is 0.0226. The molecule has 0 bridgehead atoms. The molecule has 0 aliphatic carbocycles. The Balaban J connectivity index is 1.77. The Morgan fingerprint density at radius 3 is 2.21 bits per heavy atom. The van der Waals surface area contributed by atoms with Crippen molar-refractivity contribution in [2.24, 2.45) is 10.2 Å². The van der Waals surface area contributed by atoms with Crippen LogP contribution in [0.4, 0.5) is 14.5 Å². The average molecular weight is 413 g/mol. The van der Waals surface area contributed by atoms with Crippen molar-refractivity contribution >= 4 is 21.4 Å². The zero-order valence-electron chi connectivity index (χ0n) is 15.2. The molecule has 0 saturated heterocycles. The van der Waals surface area contributed by atoms with E-state index >= 15 is 0 Å². The van der Waals surface area contributed by atoms with Crippen LogP contribution in [-0.2, 0) is 10.0 Å². The van der Waals surface area contributed by atoms with Crippen LogP contribution in [0.1, 0.15) is 23.6 Å². The smallest absolute Gasteiger partial charge is 0.238 e. The Morgan fingerprint density at radius 1 is 0.931 bits per heavy atom. The number of sulfonamides is 1. The molecule has 0 spiro atoms. The third-order valence-corrected chi connectivity index (χ3v) is 5.71. The van der Waals surface area contributed by atoms with Crippen LogP contribution in [0.25, 0.3) is 0 Å². The van der Waals surface area contributed by atoms with Crippen molar-refractivity contribution in [3.8, 4) is 0 Å². The van der Waals surface area contributed by atoms with Crippen LogP contribution in [0.5, 0.6) is 0 Å². The molecule has 0 saturated carbocycles. The van der Waals surface area contributed by atoms with E-state index in [1.807, 2.05) is 0 Å². The molecule has 1 aliphatic heterocycles. The van der Waals surface area contributed by atoms with E-state index in [-0.39, 0.29) is 16.5 Å². The summed E-state index contributed by atoms with van der Waals surface area (Å²) in [6.07, 6.45) is 0.406. The summed E-state index contributed by atoms with van der Waals surface area (Å²) in [5, 5.41) is 11.4. The van der Waals surface area contributed by atoms with Crippen LogP contribution in [-0.4, -0.2) is 14.1 Å². The van der Waals surface area contributed by atoms with Crippen LogP contribution in [0, 0.1) is 11.6 Å². The van der Waals surface area contributed by atoms with Gasteiger partial charge in [-0.05, 0) is 48.0 Å². The van der Waals surface area contributed by atoms with Crippen LogP contribution in [0.3, 0.4) is 0 Å². The summed E-state index contributed by atoms with van der Waals surface area (Å²) in [5.74, 6) is -0.715. The third kappa shape index (κ3) is 3.90. The lowest BCUT2D eigenvalue weighted by Crippen LogP contribution is -2.20. The summed E-state index contributed by atoms with van der Waals surface area (Å²) >= 11 is 0. The van der Waals surface area contributed by atoms with Crippen molar-refractivity contribution in [3.05, 3.63) is 95.6 Å². The SMILES string of the molecule is NS(=O)(=O)c1ccc(N2N=C(c3ccc(F)cc3)C[C@H]2c2ccccc2F)cc1. The summed E-state index contributed by atoms with van der Waals surface area (Å²) in [7, 11) is -3.82. The van der Waals surface area contributed by atoms with Crippen LogP contribution >= 0.6 is 0 Å². The molecular formula is C21H17F2N3O2S. The van der Waals surface area contributed by atoms with Crippen LogP contribution < -0.4 is 10.1 Å². The number of rotatable bonds is 4. The van der Waals surface area contributed by atoms with Crippen molar-refractivity contribution in [3.63, 3.8) is 0 Å². The highest BCUT2D eigenvalue weighted by atomic mass is 32.2. The summed E-state index contributed by atoms with van der Waals surface area (Å²) in [5.41, 5.74) is 2.46. The molecule has 5 nitrogen and oxygen atoms in total. The predicted octanol–water partition coefficient (Wildman–Crippen LogP) is 3.97.